The Bertz CT molecular complexity index is 1130. The van der Waals surface area contributed by atoms with Gasteiger partial charge in [-0.3, -0.25) is 14.9 Å². The van der Waals surface area contributed by atoms with Gasteiger partial charge >= 0.3 is 0 Å². The highest BCUT2D eigenvalue weighted by molar-refractivity contribution is 7.91. The summed E-state index contributed by atoms with van der Waals surface area (Å²) in [6, 6.07) is 8.48. The van der Waals surface area contributed by atoms with Gasteiger partial charge in [-0.1, -0.05) is 11.3 Å². The molecule has 0 saturated heterocycles. The third kappa shape index (κ3) is 4.44. The predicted molar refractivity (Wildman–Crippen MR) is 98.0 cm³/mol. The fourth-order valence-electron chi connectivity index (χ4n) is 2.25. The Labute approximate surface area is 156 Å². The van der Waals surface area contributed by atoms with Gasteiger partial charge in [0.2, 0.25) is 5.91 Å². The molecule has 0 unspecified atom stereocenters. The van der Waals surface area contributed by atoms with E-state index in [-0.39, 0.29) is 22.1 Å². The van der Waals surface area contributed by atoms with Crippen LogP contribution in [0.1, 0.15) is 6.42 Å². The van der Waals surface area contributed by atoms with Crippen molar-refractivity contribution in [3.05, 3.63) is 58.4 Å². The lowest BCUT2D eigenvalue weighted by atomic mass is 10.3. The molecule has 3 aromatic rings. The Morgan fingerprint density at radius 2 is 1.93 bits per heavy atom. The van der Waals surface area contributed by atoms with Gasteiger partial charge in [-0.2, -0.15) is 0 Å². The molecule has 0 fully saturated rings. The summed E-state index contributed by atoms with van der Waals surface area (Å²) in [6.07, 6.45) is -0.310. The van der Waals surface area contributed by atoms with Gasteiger partial charge < -0.3 is 5.32 Å². The van der Waals surface area contributed by atoms with Gasteiger partial charge in [-0.05, 0) is 30.3 Å². The highest BCUT2D eigenvalue weighted by atomic mass is 32.2. The maximum Gasteiger partial charge on any atom is 0.270 e. The smallest absolute Gasteiger partial charge is 0.270 e. The molecule has 0 aliphatic rings. The molecule has 0 bridgehead atoms. The van der Waals surface area contributed by atoms with Crippen molar-refractivity contribution < 1.29 is 22.5 Å². The first-order chi connectivity index (χ1) is 12.7. The zero-order chi connectivity index (χ0) is 19.6. The number of anilines is 1. The van der Waals surface area contributed by atoms with Gasteiger partial charge in [0, 0.05) is 18.6 Å². The summed E-state index contributed by atoms with van der Waals surface area (Å²) in [4.78, 5) is 26.3. The van der Waals surface area contributed by atoms with Crippen molar-refractivity contribution in [2.24, 2.45) is 0 Å². The zero-order valence-electron chi connectivity index (χ0n) is 13.6. The van der Waals surface area contributed by atoms with Gasteiger partial charge in [-0.15, -0.1) is 0 Å². The predicted octanol–water partition coefficient (Wildman–Crippen LogP) is 3.15. The number of aromatic nitrogens is 1. The number of amides is 1. The molecule has 3 rings (SSSR count). The number of halogens is 1. The monoisotopic (exact) mass is 409 g/mol. The van der Waals surface area contributed by atoms with Crippen LogP contribution in [0, 0.1) is 15.9 Å². The topological polar surface area (TPSA) is 119 Å². The third-order valence-corrected chi connectivity index (χ3v) is 6.27. The molecule has 1 heterocycles. The number of nitrogens with one attached hydrogen (secondary N) is 1. The minimum Gasteiger partial charge on any atom is -0.302 e. The van der Waals surface area contributed by atoms with Crippen molar-refractivity contribution in [3.8, 4) is 0 Å². The molecule has 2 aromatic carbocycles. The highest BCUT2D eigenvalue weighted by Gasteiger charge is 2.18. The molecule has 0 aliphatic heterocycles. The molecule has 0 saturated carbocycles. The van der Waals surface area contributed by atoms with Crippen LogP contribution in [-0.4, -0.2) is 30.0 Å². The van der Waals surface area contributed by atoms with Crippen molar-refractivity contribution in [2.75, 3.05) is 11.1 Å². The summed E-state index contributed by atoms with van der Waals surface area (Å²) >= 11 is 1.05. The number of thiazole rings is 1. The largest absolute Gasteiger partial charge is 0.302 e. The Morgan fingerprint density at radius 3 is 2.59 bits per heavy atom. The number of rotatable bonds is 6. The van der Waals surface area contributed by atoms with Crippen LogP contribution in [0.15, 0.2) is 47.4 Å². The molecule has 0 spiro atoms. The SMILES string of the molecule is O=C(CCS(=O)(=O)c1ccc(F)cc1)Nc1nc2ccc([N+](=O)[O-])cc2s1. The maximum atomic E-state index is 12.9. The molecular weight excluding hydrogens is 397 g/mol. The van der Waals surface area contributed by atoms with E-state index in [0.29, 0.717) is 10.2 Å². The summed E-state index contributed by atoms with van der Waals surface area (Å²) < 4.78 is 37.7. The van der Waals surface area contributed by atoms with E-state index in [4.69, 9.17) is 0 Å². The first-order valence-electron chi connectivity index (χ1n) is 7.58. The number of nitro benzene ring substituents is 1. The number of nitrogens with zero attached hydrogens (tertiary/aromatic N) is 2. The number of hydrogen-bond donors (Lipinski definition) is 1. The van der Waals surface area contributed by atoms with Crippen molar-refractivity contribution in [2.45, 2.75) is 11.3 Å². The lowest BCUT2D eigenvalue weighted by Gasteiger charge is -2.04. The number of fused-ring (bicyclic) bond motifs is 1. The number of carbonyl (C=O) groups is 1. The Kier molecular flexibility index (Phi) is 5.15. The van der Waals surface area contributed by atoms with Gasteiger partial charge in [0.05, 0.1) is 25.8 Å². The summed E-state index contributed by atoms with van der Waals surface area (Å²) in [6.45, 7) is 0. The van der Waals surface area contributed by atoms with Crippen molar-refractivity contribution in [1.82, 2.24) is 4.98 Å². The zero-order valence-corrected chi connectivity index (χ0v) is 15.2. The fourth-order valence-corrected chi connectivity index (χ4v) is 4.40. The summed E-state index contributed by atoms with van der Waals surface area (Å²) in [5.74, 6) is -1.56. The van der Waals surface area contributed by atoms with Gasteiger partial charge in [-0.25, -0.2) is 17.8 Å². The second-order valence-electron chi connectivity index (χ2n) is 5.50. The Balaban J connectivity index is 1.66. The molecule has 0 aliphatic carbocycles. The van der Waals surface area contributed by atoms with Crippen molar-refractivity contribution in [3.63, 3.8) is 0 Å². The Hall–Kier alpha value is -2.92. The van der Waals surface area contributed by atoms with Gasteiger partial charge in [0.15, 0.2) is 15.0 Å². The minimum atomic E-state index is -3.72. The van der Waals surface area contributed by atoms with Gasteiger partial charge in [0.1, 0.15) is 5.82 Å². The summed E-state index contributed by atoms with van der Waals surface area (Å²) in [5, 5.41) is 13.5. The molecule has 140 valence electrons. The number of sulfone groups is 1. The average Bonchev–Trinajstić information content (AvgIpc) is 3.01. The van der Waals surface area contributed by atoms with E-state index < -0.39 is 32.2 Å². The second-order valence-corrected chi connectivity index (χ2v) is 8.64. The van der Waals surface area contributed by atoms with Crippen LogP contribution in [0.4, 0.5) is 15.2 Å². The van der Waals surface area contributed by atoms with Crippen LogP contribution in [0.3, 0.4) is 0 Å². The normalized spacial score (nSPS) is 11.4. The maximum absolute atomic E-state index is 12.9. The fraction of sp³-hybridized carbons (Fsp3) is 0.125. The number of hydrogen-bond acceptors (Lipinski definition) is 7. The van der Waals surface area contributed by atoms with Crippen LogP contribution < -0.4 is 5.32 Å². The Morgan fingerprint density at radius 1 is 1.22 bits per heavy atom. The van der Waals surface area contributed by atoms with E-state index in [1.807, 2.05) is 0 Å². The van der Waals surface area contributed by atoms with E-state index in [1.54, 1.807) is 0 Å². The second kappa shape index (κ2) is 7.37. The number of carbonyl (C=O) groups excluding carboxylic acids is 1. The average molecular weight is 409 g/mol. The van der Waals surface area contributed by atoms with E-state index in [2.05, 4.69) is 10.3 Å². The third-order valence-electron chi connectivity index (χ3n) is 3.60. The molecule has 1 amide bonds. The van der Waals surface area contributed by atoms with Gasteiger partial charge in [0.25, 0.3) is 5.69 Å². The van der Waals surface area contributed by atoms with Crippen LogP contribution in [0.5, 0.6) is 0 Å². The molecule has 27 heavy (non-hydrogen) atoms. The van der Waals surface area contributed by atoms with E-state index in [9.17, 15) is 27.7 Å². The van der Waals surface area contributed by atoms with Crippen LogP contribution >= 0.6 is 11.3 Å². The highest BCUT2D eigenvalue weighted by Crippen LogP contribution is 2.29. The van der Waals surface area contributed by atoms with Crippen molar-refractivity contribution >= 4 is 48.1 Å². The van der Waals surface area contributed by atoms with Crippen LogP contribution in [-0.2, 0) is 14.6 Å². The molecule has 1 N–H and O–H groups in total. The molecule has 11 heteroatoms. The number of nitro groups is 1. The van der Waals surface area contributed by atoms with Crippen LogP contribution in [0.25, 0.3) is 10.2 Å². The molecule has 0 atom stereocenters. The van der Waals surface area contributed by atoms with Crippen molar-refractivity contribution in [1.29, 1.82) is 0 Å². The summed E-state index contributed by atoms with van der Waals surface area (Å²) in [7, 11) is -3.72. The number of benzene rings is 2. The van der Waals surface area contributed by atoms with E-state index >= 15 is 0 Å². The number of non-ortho nitro benzene ring substituents is 1. The molecule has 8 nitrogen and oxygen atoms in total. The minimum absolute atomic E-state index is 0.0657. The standard InChI is InChI=1S/C16H12FN3O5S2/c17-10-1-4-12(5-2-10)27(24,25)8-7-15(21)19-16-18-13-6-3-11(20(22)23)9-14(13)26-16/h1-6,9H,7-8H2,(H,18,19,21). The first kappa shape index (κ1) is 18.9. The molecule has 1 aromatic heterocycles. The molecule has 0 radical (unpaired) electrons. The lowest BCUT2D eigenvalue weighted by molar-refractivity contribution is -0.384. The van der Waals surface area contributed by atoms with E-state index in [1.165, 1.54) is 18.2 Å². The first-order valence-corrected chi connectivity index (χ1v) is 10.0. The lowest BCUT2D eigenvalue weighted by Crippen LogP contribution is -2.17. The summed E-state index contributed by atoms with van der Waals surface area (Å²) in [5.41, 5.74) is 0.397. The molecular formula is C16H12FN3O5S2. The quantitative estimate of drug-likeness (QED) is 0.379. The van der Waals surface area contributed by atoms with E-state index in [0.717, 1.165) is 35.6 Å². The van der Waals surface area contributed by atoms with Crippen LogP contribution in [0.2, 0.25) is 0 Å².